The monoisotopic (exact) mass is 287 g/mol. The number of hydrogen-bond donors (Lipinski definition) is 0. The molecule has 1 saturated heterocycles. The van der Waals surface area contributed by atoms with E-state index in [9.17, 15) is 9.59 Å². The third-order valence-electron chi connectivity index (χ3n) is 5.75. The van der Waals surface area contributed by atoms with Crippen LogP contribution in [-0.2, 0) is 9.59 Å². The van der Waals surface area contributed by atoms with Crippen molar-refractivity contribution >= 4 is 17.5 Å². The number of rotatable bonds is 2. The van der Waals surface area contributed by atoms with Crippen molar-refractivity contribution in [3.05, 3.63) is 24.3 Å². The highest BCUT2D eigenvalue weighted by molar-refractivity contribution is 6.21. The third-order valence-corrected chi connectivity index (χ3v) is 5.75. The molecular formula is C17H21NO3. The Labute approximate surface area is 125 Å². The fourth-order valence-corrected chi connectivity index (χ4v) is 3.86. The smallest absolute Gasteiger partial charge is 0.240 e. The van der Waals surface area contributed by atoms with Crippen LogP contribution in [0, 0.1) is 16.7 Å². The van der Waals surface area contributed by atoms with E-state index in [1.165, 1.54) is 4.90 Å². The van der Waals surface area contributed by atoms with Crippen molar-refractivity contribution in [2.45, 2.75) is 33.6 Å². The van der Waals surface area contributed by atoms with E-state index in [1.54, 1.807) is 19.2 Å². The van der Waals surface area contributed by atoms with E-state index in [2.05, 4.69) is 0 Å². The minimum absolute atomic E-state index is 0.0931. The lowest BCUT2D eigenvalue weighted by atomic mass is 9.62. The van der Waals surface area contributed by atoms with Crippen LogP contribution in [0.5, 0.6) is 5.75 Å². The average Bonchev–Trinajstić information content (AvgIpc) is 2.64. The molecule has 21 heavy (non-hydrogen) atoms. The summed E-state index contributed by atoms with van der Waals surface area (Å²) in [7, 11) is 1.55. The van der Waals surface area contributed by atoms with Gasteiger partial charge in [0.2, 0.25) is 11.8 Å². The molecule has 3 rings (SSSR count). The van der Waals surface area contributed by atoms with Crippen molar-refractivity contribution in [3.63, 3.8) is 0 Å². The number of benzene rings is 1. The van der Waals surface area contributed by atoms with Gasteiger partial charge >= 0.3 is 0 Å². The summed E-state index contributed by atoms with van der Waals surface area (Å²) in [5, 5.41) is 0. The van der Waals surface area contributed by atoms with Gasteiger partial charge in [0.05, 0.1) is 18.2 Å². The van der Waals surface area contributed by atoms with Crippen LogP contribution >= 0.6 is 0 Å². The summed E-state index contributed by atoms with van der Waals surface area (Å²) in [6.45, 7) is 6.07. The van der Waals surface area contributed by atoms with Crippen LogP contribution in [0.3, 0.4) is 0 Å². The van der Waals surface area contributed by atoms with Crippen LogP contribution in [-0.4, -0.2) is 18.9 Å². The Morgan fingerprint density at radius 1 is 1.19 bits per heavy atom. The van der Waals surface area contributed by atoms with Gasteiger partial charge < -0.3 is 4.74 Å². The first-order valence-electron chi connectivity index (χ1n) is 7.36. The molecule has 1 aliphatic heterocycles. The molecule has 2 atom stereocenters. The number of carbonyl (C=O) groups excluding carboxylic acids is 2. The highest BCUT2D eigenvalue weighted by Crippen LogP contribution is 2.60. The van der Waals surface area contributed by atoms with E-state index in [0.717, 1.165) is 12.8 Å². The largest absolute Gasteiger partial charge is 0.495 e. The van der Waals surface area contributed by atoms with Gasteiger partial charge in [-0.15, -0.1) is 0 Å². The zero-order valence-electron chi connectivity index (χ0n) is 13.0. The number of carbonyl (C=O) groups is 2. The molecule has 2 amide bonds. The molecule has 0 spiro atoms. The topological polar surface area (TPSA) is 46.6 Å². The van der Waals surface area contributed by atoms with Gasteiger partial charge in [-0.2, -0.15) is 0 Å². The quantitative estimate of drug-likeness (QED) is 0.786. The van der Waals surface area contributed by atoms with Crippen molar-refractivity contribution in [2.24, 2.45) is 16.7 Å². The first-order chi connectivity index (χ1) is 9.84. The average molecular weight is 287 g/mol. The summed E-state index contributed by atoms with van der Waals surface area (Å²) < 4.78 is 5.32. The van der Waals surface area contributed by atoms with Crippen LogP contribution in [0.2, 0.25) is 0 Å². The first kappa shape index (κ1) is 14.1. The highest BCUT2D eigenvalue weighted by Gasteiger charge is 2.64. The second kappa shape index (κ2) is 4.33. The summed E-state index contributed by atoms with van der Waals surface area (Å²) in [6, 6.07) is 7.21. The van der Waals surface area contributed by atoms with E-state index >= 15 is 0 Å². The Balaban J connectivity index is 2.14. The normalized spacial score (nSPS) is 30.7. The molecule has 112 valence electrons. The minimum Gasteiger partial charge on any atom is -0.495 e. The summed E-state index contributed by atoms with van der Waals surface area (Å²) in [6.07, 6.45) is 1.54. The van der Waals surface area contributed by atoms with Gasteiger partial charge in [0.15, 0.2) is 0 Å². The maximum absolute atomic E-state index is 13.0. The number of para-hydroxylation sites is 2. The van der Waals surface area contributed by atoms with Gasteiger partial charge in [-0.25, -0.2) is 4.90 Å². The lowest BCUT2D eigenvalue weighted by Crippen LogP contribution is -2.59. The van der Waals surface area contributed by atoms with Gasteiger partial charge in [-0.3, -0.25) is 9.59 Å². The highest BCUT2D eigenvalue weighted by atomic mass is 16.5. The SMILES string of the molecule is COc1ccccc1N1C(=O)C2CCC(C)(C1=O)C2(C)C. The van der Waals surface area contributed by atoms with Gasteiger partial charge in [-0.1, -0.05) is 32.9 Å². The number of fused-ring (bicyclic) bond motifs is 2. The van der Waals surface area contributed by atoms with Crippen molar-refractivity contribution in [2.75, 3.05) is 12.0 Å². The summed E-state index contributed by atoms with van der Waals surface area (Å²) in [5.74, 6) is 0.257. The second-order valence-corrected chi connectivity index (χ2v) is 6.80. The fraction of sp³-hybridized carbons (Fsp3) is 0.529. The zero-order valence-corrected chi connectivity index (χ0v) is 13.0. The molecule has 4 heteroatoms. The number of methoxy groups -OCH3 is 1. The number of nitrogens with zero attached hydrogens (tertiary/aromatic N) is 1. The van der Waals surface area contributed by atoms with E-state index in [4.69, 9.17) is 4.74 Å². The number of ether oxygens (including phenoxy) is 1. The van der Waals surface area contributed by atoms with E-state index in [1.807, 2.05) is 32.9 Å². The molecule has 1 aromatic carbocycles. The van der Waals surface area contributed by atoms with Crippen molar-refractivity contribution < 1.29 is 14.3 Å². The standard InChI is InChI=1S/C17H21NO3/c1-16(2)11-9-10-17(16,3)15(20)18(14(11)19)12-7-5-6-8-13(12)21-4/h5-8,11H,9-10H2,1-4H3. The second-order valence-electron chi connectivity index (χ2n) is 6.80. The van der Waals surface area contributed by atoms with Crippen LogP contribution < -0.4 is 9.64 Å². The summed E-state index contributed by atoms with van der Waals surface area (Å²) >= 11 is 0. The molecule has 2 fully saturated rings. The Kier molecular flexibility index (Phi) is 2.91. The molecule has 4 nitrogen and oxygen atoms in total. The van der Waals surface area contributed by atoms with Crippen molar-refractivity contribution in [1.82, 2.24) is 0 Å². The molecule has 1 heterocycles. The zero-order chi connectivity index (χ0) is 15.4. The van der Waals surface area contributed by atoms with Crippen LogP contribution in [0.4, 0.5) is 5.69 Å². The summed E-state index contributed by atoms with van der Waals surface area (Å²) in [5.41, 5.74) is -0.227. The molecule has 1 saturated carbocycles. The Hall–Kier alpha value is -1.84. The maximum Gasteiger partial charge on any atom is 0.240 e. The Morgan fingerprint density at radius 3 is 2.52 bits per heavy atom. The van der Waals surface area contributed by atoms with Crippen molar-refractivity contribution in [3.8, 4) is 5.75 Å². The molecule has 1 aromatic rings. The van der Waals surface area contributed by atoms with Gasteiger partial charge in [-0.05, 0) is 30.4 Å². The Morgan fingerprint density at radius 2 is 1.86 bits per heavy atom. The minimum atomic E-state index is -0.494. The third kappa shape index (κ3) is 1.62. The lowest BCUT2D eigenvalue weighted by molar-refractivity contribution is -0.146. The number of piperidine rings is 1. The lowest BCUT2D eigenvalue weighted by Gasteiger charge is -2.47. The van der Waals surface area contributed by atoms with E-state index < -0.39 is 5.41 Å². The molecule has 2 bridgehead atoms. The van der Waals surface area contributed by atoms with Crippen LogP contribution in [0.1, 0.15) is 33.6 Å². The predicted molar refractivity (Wildman–Crippen MR) is 80.1 cm³/mol. The maximum atomic E-state index is 13.0. The number of hydrogen-bond acceptors (Lipinski definition) is 3. The molecule has 2 aliphatic rings. The van der Waals surface area contributed by atoms with Gasteiger partial charge in [0, 0.05) is 5.92 Å². The Bertz CT molecular complexity index is 622. The fourth-order valence-electron chi connectivity index (χ4n) is 3.86. The van der Waals surface area contributed by atoms with Crippen LogP contribution in [0.15, 0.2) is 24.3 Å². The number of imide groups is 1. The van der Waals surface area contributed by atoms with E-state index in [-0.39, 0.29) is 23.1 Å². The first-order valence-corrected chi connectivity index (χ1v) is 7.36. The molecule has 0 N–H and O–H groups in total. The number of amides is 2. The molecule has 2 unspecified atom stereocenters. The van der Waals surface area contributed by atoms with Gasteiger partial charge in [0.1, 0.15) is 5.75 Å². The summed E-state index contributed by atoms with van der Waals surface area (Å²) in [4.78, 5) is 27.3. The van der Waals surface area contributed by atoms with Crippen molar-refractivity contribution in [1.29, 1.82) is 0 Å². The van der Waals surface area contributed by atoms with Crippen LogP contribution in [0.25, 0.3) is 0 Å². The molecule has 1 aliphatic carbocycles. The number of anilines is 1. The van der Waals surface area contributed by atoms with E-state index in [0.29, 0.717) is 11.4 Å². The molecular weight excluding hydrogens is 266 g/mol. The molecule has 0 aromatic heterocycles. The molecule has 0 radical (unpaired) electrons. The predicted octanol–water partition coefficient (Wildman–Crippen LogP) is 3.01. The van der Waals surface area contributed by atoms with Gasteiger partial charge in [0.25, 0.3) is 0 Å².